The fourth-order valence-corrected chi connectivity index (χ4v) is 5.44. The lowest BCUT2D eigenvalue weighted by Crippen LogP contribution is -2.62. The SMILES string of the molecule is CN[C@@H](CCC(=O)O)C(=O)NC(CNC(=O)C(CCC(=O)O)NC(=O)C(CNC(=O)[C@H](CN)N1C(=O)CC(C)CC1=O)NC(=O)[C@H](CCC(=O)O)NC)C(=O)O. The molecule has 1 rings (SSSR count). The van der Waals surface area contributed by atoms with Crippen LogP contribution < -0.4 is 43.0 Å². The number of likely N-dealkylation sites (tertiary alicyclic amines) is 1. The van der Waals surface area contributed by atoms with Crippen LogP contribution in [-0.4, -0.2) is 161 Å². The normalized spacial score (nSPS) is 16.2. The summed E-state index contributed by atoms with van der Waals surface area (Å²) < 4.78 is 0. The predicted octanol–water partition coefficient (Wildman–Crippen LogP) is -5.36. The second-order valence-corrected chi connectivity index (χ2v) is 12.9. The van der Waals surface area contributed by atoms with E-state index < -0.39 is 147 Å². The van der Waals surface area contributed by atoms with Gasteiger partial charge >= 0.3 is 23.9 Å². The Morgan fingerprint density at radius 2 is 0.982 bits per heavy atom. The van der Waals surface area contributed by atoms with Crippen LogP contribution in [0.2, 0.25) is 0 Å². The fraction of sp³-hybridized carbons (Fsp3) is 0.656. The van der Waals surface area contributed by atoms with Gasteiger partial charge in [0.2, 0.25) is 41.4 Å². The van der Waals surface area contributed by atoms with Crippen LogP contribution in [0.3, 0.4) is 0 Å². The molecule has 7 amide bonds. The molecule has 13 N–H and O–H groups in total. The van der Waals surface area contributed by atoms with Crippen molar-refractivity contribution in [2.45, 2.75) is 94.5 Å². The van der Waals surface area contributed by atoms with E-state index in [-0.39, 0.29) is 31.6 Å². The molecule has 1 heterocycles. The van der Waals surface area contributed by atoms with Crippen LogP contribution in [0.1, 0.15) is 58.3 Å². The number of likely N-dealkylation sites (N-methyl/N-ethyl adjacent to an activating group) is 2. The van der Waals surface area contributed by atoms with E-state index >= 15 is 0 Å². The first-order valence-corrected chi connectivity index (χ1v) is 17.5. The zero-order valence-electron chi connectivity index (χ0n) is 31.1. The average molecular weight is 802 g/mol. The largest absolute Gasteiger partial charge is 0.481 e. The van der Waals surface area contributed by atoms with Crippen molar-refractivity contribution < 1.29 is 73.2 Å². The van der Waals surface area contributed by atoms with E-state index in [2.05, 4.69) is 37.2 Å². The van der Waals surface area contributed by atoms with Crippen molar-refractivity contribution in [1.29, 1.82) is 0 Å². The summed E-state index contributed by atoms with van der Waals surface area (Å²) in [5.41, 5.74) is 5.74. The van der Waals surface area contributed by atoms with Gasteiger partial charge in [-0.15, -0.1) is 0 Å². The quantitative estimate of drug-likeness (QED) is 0.0363. The molecule has 1 saturated heterocycles. The molecular formula is C32H51N9O15. The lowest BCUT2D eigenvalue weighted by Gasteiger charge is -2.33. The molecule has 1 aliphatic heterocycles. The Morgan fingerprint density at radius 1 is 0.607 bits per heavy atom. The van der Waals surface area contributed by atoms with Gasteiger partial charge in [-0.05, 0) is 39.3 Å². The minimum atomic E-state index is -1.77. The molecule has 0 saturated carbocycles. The first-order chi connectivity index (χ1) is 26.2. The summed E-state index contributed by atoms with van der Waals surface area (Å²) in [5, 5.41) is 53.3. The van der Waals surface area contributed by atoms with Crippen LogP contribution in [0.15, 0.2) is 0 Å². The van der Waals surface area contributed by atoms with E-state index in [0.29, 0.717) is 4.90 Å². The number of nitrogens with one attached hydrogen (secondary N) is 7. The molecular weight excluding hydrogens is 750 g/mol. The molecule has 6 atom stereocenters. The van der Waals surface area contributed by atoms with Gasteiger partial charge in [0, 0.05) is 51.7 Å². The predicted molar refractivity (Wildman–Crippen MR) is 189 cm³/mol. The summed E-state index contributed by atoms with van der Waals surface area (Å²) in [7, 11) is 2.67. The summed E-state index contributed by atoms with van der Waals surface area (Å²) in [6, 6.07) is -9.04. The number of rotatable bonds is 26. The highest BCUT2D eigenvalue weighted by Crippen LogP contribution is 2.21. The summed E-state index contributed by atoms with van der Waals surface area (Å²) in [6.45, 7) is -0.370. The van der Waals surface area contributed by atoms with Crippen molar-refractivity contribution in [2.75, 3.05) is 33.7 Å². The van der Waals surface area contributed by atoms with Crippen LogP contribution in [0.25, 0.3) is 0 Å². The Morgan fingerprint density at radius 3 is 1.39 bits per heavy atom. The van der Waals surface area contributed by atoms with E-state index in [0.717, 1.165) is 0 Å². The number of imide groups is 1. The van der Waals surface area contributed by atoms with Gasteiger partial charge in [-0.25, -0.2) is 4.79 Å². The smallest absolute Gasteiger partial charge is 0.328 e. The van der Waals surface area contributed by atoms with Crippen molar-refractivity contribution in [1.82, 2.24) is 42.1 Å². The maximum Gasteiger partial charge on any atom is 0.328 e. The topological polar surface area (TPSA) is 382 Å². The molecule has 56 heavy (non-hydrogen) atoms. The molecule has 1 fully saturated rings. The third-order valence-corrected chi connectivity index (χ3v) is 8.53. The molecule has 0 aromatic heterocycles. The van der Waals surface area contributed by atoms with Crippen molar-refractivity contribution >= 4 is 65.2 Å². The van der Waals surface area contributed by atoms with Gasteiger partial charge in [-0.2, -0.15) is 0 Å². The monoisotopic (exact) mass is 801 g/mol. The standard InChI is InChI=1S/C32H51N9O15/c1-15-10-22(42)41(23(43)11-15)21(12-33)31(54)37-13-19(39-28(51)16(34-2)4-7-24(44)45)30(53)38-18(6-9-26(48)49)27(50)36-14-20(32(55)56)40-29(52)17(35-3)5-8-25(46)47/h15-21,34-35H,4-14,33H2,1-3H3,(H,36,50)(H,37,54)(H,38,53)(H,39,51)(H,40,52)(H,44,45)(H,46,47)(H,48,49)(H,55,56)/t16-,17-,18?,19?,20?,21-/m0/s1. The van der Waals surface area contributed by atoms with Gasteiger partial charge in [0.25, 0.3) is 0 Å². The third-order valence-electron chi connectivity index (χ3n) is 8.53. The minimum Gasteiger partial charge on any atom is -0.481 e. The molecule has 24 nitrogen and oxygen atoms in total. The second-order valence-electron chi connectivity index (χ2n) is 12.9. The molecule has 314 valence electrons. The molecule has 3 unspecified atom stereocenters. The van der Waals surface area contributed by atoms with Gasteiger partial charge in [0.15, 0.2) is 0 Å². The van der Waals surface area contributed by atoms with E-state index in [9.17, 15) is 63.0 Å². The van der Waals surface area contributed by atoms with E-state index in [1.54, 1.807) is 6.92 Å². The number of hydrogen-bond acceptors (Lipinski definition) is 14. The molecule has 0 aromatic carbocycles. The Labute approximate surface area is 320 Å². The number of amides is 7. The average Bonchev–Trinajstić information content (AvgIpc) is 3.11. The van der Waals surface area contributed by atoms with Crippen molar-refractivity contribution in [2.24, 2.45) is 11.7 Å². The lowest BCUT2D eigenvalue weighted by atomic mass is 9.96. The van der Waals surface area contributed by atoms with E-state index in [1.165, 1.54) is 14.1 Å². The van der Waals surface area contributed by atoms with Gasteiger partial charge in [-0.1, -0.05) is 6.92 Å². The number of aliphatic carboxylic acids is 4. The summed E-state index contributed by atoms with van der Waals surface area (Å²) in [4.78, 5) is 137. The zero-order valence-corrected chi connectivity index (χ0v) is 31.1. The molecule has 0 spiro atoms. The van der Waals surface area contributed by atoms with E-state index in [1.807, 2.05) is 0 Å². The third kappa shape index (κ3) is 16.3. The van der Waals surface area contributed by atoms with Gasteiger partial charge < -0.3 is 63.4 Å². The molecule has 24 heteroatoms. The molecule has 1 aliphatic rings. The number of carbonyl (C=O) groups is 11. The summed E-state index contributed by atoms with van der Waals surface area (Å²) in [5.74, 6) is -12.2. The number of carboxylic acids is 4. The van der Waals surface area contributed by atoms with Crippen molar-refractivity contribution in [3.05, 3.63) is 0 Å². The highest BCUT2D eigenvalue weighted by atomic mass is 16.4. The Balaban J connectivity index is 3.30. The van der Waals surface area contributed by atoms with Gasteiger partial charge in [-0.3, -0.25) is 52.8 Å². The number of hydrogen-bond donors (Lipinski definition) is 12. The van der Waals surface area contributed by atoms with Gasteiger partial charge in [0.1, 0.15) is 24.2 Å². The van der Waals surface area contributed by atoms with Crippen LogP contribution in [0.4, 0.5) is 0 Å². The minimum absolute atomic E-state index is 0.0407. The van der Waals surface area contributed by atoms with Crippen LogP contribution in [0, 0.1) is 5.92 Å². The maximum atomic E-state index is 13.7. The second kappa shape index (κ2) is 23.9. The first-order valence-electron chi connectivity index (χ1n) is 17.5. The molecule has 0 aliphatic carbocycles. The van der Waals surface area contributed by atoms with E-state index in [4.69, 9.17) is 15.9 Å². The van der Waals surface area contributed by atoms with Crippen molar-refractivity contribution in [3.8, 4) is 0 Å². The number of carbonyl (C=O) groups excluding carboxylic acids is 7. The number of nitrogens with two attached hydrogens (primary N) is 1. The van der Waals surface area contributed by atoms with Gasteiger partial charge in [0.05, 0.1) is 12.1 Å². The first kappa shape index (κ1) is 48.3. The fourth-order valence-electron chi connectivity index (χ4n) is 5.44. The molecule has 0 aromatic rings. The molecule has 0 bridgehead atoms. The summed E-state index contributed by atoms with van der Waals surface area (Å²) >= 11 is 0. The Hall–Kier alpha value is -5.75. The van der Waals surface area contributed by atoms with Crippen LogP contribution in [-0.2, 0) is 52.7 Å². The zero-order chi connectivity index (χ0) is 42.7. The lowest BCUT2D eigenvalue weighted by molar-refractivity contribution is -0.156. The highest BCUT2D eigenvalue weighted by molar-refractivity contribution is 6.02. The number of piperidine rings is 1. The Kier molecular flexibility index (Phi) is 20.6. The Bertz CT molecular complexity index is 1480. The maximum absolute atomic E-state index is 13.7. The summed E-state index contributed by atoms with van der Waals surface area (Å²) in [6.07, 6.45) is -2.70. The number of nitrogens with zero attached hydrogens (tertiary/aromatic N) is 1. The van der Waals surface area contributed by atoms with Crippen LogP contribution >= 0.6 is 0 Å². The highest BCUT2D eigenvalue weighted by Gasteiger charge is 2.39. The number of carboxylic acid groups (broad SMARTS) is 4. The molecule has 0 radical (unpaired) electrons. The van der Waals surface area contributed by atoms with Crippen molar-refractivity contribution in [3.63, 3.8) is 0 Å². The van der Waals surface area contributed by atoms with Crippen LogP contribution in [0.5, 0.6) is 0 Å².